The number of likely N-dealkylation sites (N-methyl/N-ethyl adjacent to an activating group) is 1. The van der Waals surface area contributed by atoms with Gasteiger partial charge < -0.3 is 14.9 Å². The third-order valence-electron chi connectivity index (χ3n) is 4.98. The number of urea groups is 1. The molecule has 5 heteroatoms. The third-order valence-corrected chi connectivity index (χ3v) is 4.98. The Morgan fingerprint density at radius 1 is 1.25 bits per heavy atom. The third kappa shape index (κ3) is 2.50. The van der Waals surface area contributed by atoms with Gasteiger partial charge in [0.15, 0.2) is 0 Å². The minimum absolute atomic E-state index is 0.100. The van der Waals surface area contributed by atoms with Crippen molar-refractivity contribution in [2.45, 2.75) is 64.5 Å². The van der Waals surface area contributed by atoms with Crippen LogP contribution in [-0.4, -0.2) is 51.6 Å². The summed E-state index contributed by atoms with van der Waals surface area (Å²) in [6.45, 7) is 6.25. The molecule has 114 valence electrons. The highest BCUT2D eigenvalue weighted by molar-refractivity contribution is 5.85. The van der Waals surface area contributed by atoms with Gasteiger partial charge in [0.1, 0.15) is 5.54 Å². The number of carboxylic acids is 1. The van der Waals surface area contributed by atoms with E-state index in [1.807, 2.05) is 11.8 Å². The van der Waals surface area contributed by atoms with Gasteiger partial charge in [0.25, 0.3) is 0 Å². The Morgan fingerprint density at radius 2 is 1.90 bits per heavy atom. The molecule has 20 heavy (non-hydrogen) atoms. The summed E-state index contributed by atoms with van der Waals surface area (Å²) < 4.78 is 0. The molecule has 0 aromatic rings. The first-order valence-electron chi connectivity index (χ1n) is 7.71. The smallest absolute Gasteiger partial charge is 0.329 e. The van der Waals surface area contributed by atoms with Gasteiger partial charge in [0.2, 0.25) is 0 Å². The molecule has 0 spiro atoms. The van der Waals surface area contributed by atoms with E-state index >= 15 is 0 Å². The average molecular weight is 282 g/mol. The summed E-state index contributed by atoms with van der Waals surface area (Å²) >= 11 is 0. The summed E-state index contributed by atoms with van der Waals surface area (Å²) in [6.07, 6.45) is 5.72. The number of hydrogen-bond acceptors (Lipinski definition) is 2. The van der Waals surface area contributed by atoms with E-state index in [1.54, 1.807) is 13.8 Å². The van der Waals surface area contributed by atoms with Crippen molar-refractivity contribution in [2.24, 2.45) is 5.92 Å². The lowest BCUT2D eigenvalue weighted by Gasteiger charge is -2.43. The van der Waals surface area contributed by atoms with Crippen LogP contribution in [0.4, 0.5) is 4.79 Å². The second kappa shape index (κ2) is 5.62. The van der Waals surface area contributed by atoms with Gasteiger partial charge in [-0.1, -0.05) is 6.42 Å². The summed E-state index contributed by atoms with van der Waals surface area (Å²) in [4.78, 5) is 27.7. The quantitative estimate of drug-likeness (QED) is 0.865. The molecule has 0 aromatic heterocycles. The van der Waals surface area contributed by atoms with Crippen LogP contribution in [0.5, 0.6) is 0 Å². The molecule has 2 unspecified atom stereocenters. The Morgan fingerprint density at radius 3 is 2.50 bits per heavy atom. The summed E-state index contributed by atoms with van der Waals surface area (Å²) in [7, 11) is 0. The summed E-state index contributed by atoms with van der Waals surface area (Å²) in [6, 6.07) is 0.228. The van der Waals surface area contributed by atoms with Crippen molar-refractivity contribution in [1.82, 2.24) is 9.80 Å². The molecular formula is C15H26N2O3. The lowest BCUT2D eigenvalue weighted by Crippen LogP contribution is -2.60. The molecule has 0 aromatic carbocycles. The molecule has 5 nitrogen and oxygen atoms in total. The van der Waals surface area contributed by atoms with Gasteiger partial charge in [0, 0.05) is 19.1 Å². The van der Waals surface area contributed by atoms with Crippen molar-refractivity contribution >= 4 is 12.0 Å². The number of fused-ring (bicyclic) bond motifs is 1. The van der Waals surface area contributed by atoms with Crippen molar-refractivity contribution < 1.29 is 14.7 Å². The van der Waals surface area contributed by atoms with Crippen molar-refractivity contribution in [3.05, 3.63) is 0 Å². The molecule has 2 amide bonds. The zero-order valence-electron chi connectivity index (χ0n) is 12.8. The van der Waals surface area contributed by atoms with E-state index in [4.69, 9.17) is 0 Å². The van der Waals surface area contributed by atoms with Crippen LogP contribution >= 0.6 is 0 Å². The molecule has 1 saturated carbocycles. The monoisotopic (exact) mass is 282 g/mol. The van der Waals surface area contributed by atoms with Gasteiger partial charge in [-0.3, -0.25) is 0 Å². The van der Waals surface area contributed by atoms with Gasteiger partial charge in [0.05, 0.1) is 0 Å². The number of piperidine rings is 1. The second-order valence-electron chi connectivity index (χ2n) is 6.48. The highest BCUT2D eigenvalue weighted by Gasteiger charge is 2.43. The molecule has 1 saturated heterocycles. The highest BCUT2D eigenvalue weighted by Crippen LogP contribution is 2.37. The normalized spacial score (nSPS) is 26.2. The van der Waals surface area contributed by atoms with Crippen LogP contribution < -0.4 is 0 Å². The molecular weight excluding hydrogens is 256 g/mol. The lowest BCUT2D eigenvalue weighted by atomic mass is 9.92. The number of carbonyl (C=O) groups excluding carboxylic acids is 1. The molecule has 1 N–H and O–H groups in total. The Labute approximate surface area is 120 Å². The zero-order chi connectivity index (χ0) is 14.9. The highest BCUT2D eigenvalue weighted by atomic mass is 16.4. The van der Waals surface area contributed by atoms with Crippen molar-refractivity contribution in [3.63, 3.8) is 0 Å². The first kappa shape index (κ1) is 15.1. The Kier molecular flexibility index (Phi) is 4.25. The zero-order valence-corrected chi connectivity index (χ0v) is 12.8. The number of aliphatic carboxylic acids is 1. The van der Waals surface area contributed by atoms with Crippen molar-refractivity contribution in [2.75, 3.05) is 13.1 Å². The number of likely N-dealkylation sites (tertiary alicyclic amines) is 1. The number of carbonyl (C=O) groups is 2. The maximum atomic E-state index is 12.8. The summed E-state index contributed by atoms with van der Waals surface area (Å²) in [5.74, 6) is -0.327. The van der Waals surface area contributed by atoms with E-state index in [9.17, 15) is 14.7 Å². The Bertz CT molecular complexity index is 395. The molecule has 1 heterocycles. The van der Waals surface area contributed by atoms with E-state index < -0.39 is 11.5 Å². The van der Waals surface area contributed by atoms with Gasteiger partial charge >= 0.3 is 12.0 Å². The van der Waals surface area contributed by atoms with Crippen LogP contribution in [0.25, 0.3) is 0 Å². The minimum atomic E-state index is -1.16. The van der Waals surface area contributed by atoms with Crippen LogP contribution in [0.2, 0.25) is 0 Å². The maximum absolute atomic E-state index is 12.8. The molecule has 2 atom stereocenters. The molecule has 1 aliphatic carbocycles. The largest absolute Gasteiger partial charge is 0.480 e. The van der Waals surface area contributed by atoms with Crippen LogP contribution in [0, 0.1) is 5.92 Å². The number of hydrogen-bond donors (Lipinski definition) is 1. The van der Waals surface area contributed by atoms with E-state index in [-0.39, 0.29) is 6.03 Å². The van der Waals surface area contributed by atoms with Crippen molar-refractivity contribution in [3.8, 4) is 0 Å². The standard InChI is InChI=1S/C15H26N2O3/c1-4-17(15(2,3)13(18)19)14(20)16-10-6-8-11-7-5-9-12(11)16/h11-12H,4-10H2,1-3H3,(H,18,19). The van der Waals surface area contributed by atoms with Crippen LogP contribution in [-0.2, 0) is 4.79 Å². The first-order chi connectivity index (χ1) is 9.39. The molecule has 2 aliphatic rings. The molecule has 0 radical (unpaired) electrons. The molecule has 2 fully saturated rings. The van der Waals surface area contributed by atoms with E-state index in [0.29, 0.717) is 18.5 Å². The van der Waals surface area contributed by atoms with Gasteiger partial charge in [-0.25, -0.2) is 9.59 Å². The molecule has 1 aliphatic heterocycles. The van der Waals surface area contributed by atoms with Gasteiger partial charge in [-0.15, -0.1) is 0 Å². The Hall–Kier alpha value is -1.26. The second-order valence-corrected chi connectivity index (χ2v) is 6.48. The van der Waals surface area contributed by atoms with Gasteiger partial charge in [-0.2, -0.15) is 0 Å². The number of nitrogens with zero attached hydrogens (tertiary/aromatic N) is 2. The van der Waals surface area contributed by atoms with Crippen LogP contribution in [0.1, 0.15) is 52.9 Å². The van der Waals surface area contributed by atoms with Crippen LogP contribution in [0.15, 0.2) is 0 Å². The fourth-order valence-electron chi connectivity index (χ4n) is 3.73. The van der Waals surface area contributed by atoms with Gasteiger partial charge in [-0.05, 0) is 52.4 Å². The fourth-order valence-corrected chi connectivity index (χ4v) is 3.73. The van der Waals surface area contributed by atoms with E-state index in [2.05, 4.69) is 0 Å². The summed E-state index contributed by atoms with van der Waals surface area (Å²) in [5, 5.41) is 9.37. The predicted octanol–water partition coefficient (Wildman–Crippen LogP) is 2.56. The Balaban J connectivity index is 2.18. The van der Waals surface area contributed by atoms with Crippen molar-refractivity contribution in [1.29, 1.82) is 0 Å². The SMILES string of the molecule is CCN(C(=O)N1CCCC2CCCC21)C(C)(C)C(=O)O. The fraction of sp³-hybridized carbons (Fsp3) is 0.867. The summed E-state index contributed by atoms with van der Waals surface area (Å²) in [5.41, 5.74) is -1.16. The molecule has 0 bridgehead atoms. The van der Waals surface area contributed by atoms with E-state index in [1.165, 1.54) is 24.2 Å². The van der Waals surface area contributed by atoms with E-state index in [0.717, 1.165) is 19.4 Å². The topological polar surface area (TPSA) is 60.9 Å². The number of carboxylic acid groups (broad SMARTS) is 1. The molecule has 2 rings (SSSR count). The minimum Gasteiger partial charge on any atom is -0.480 e. The number of rotatable bonds is 3. The maximum Gasteiger partial charge on any atom is 0.329 e. The predicted molar refractivity (Wildman–Crippen MR) is 76.6 cm³/mol. The average Bonchev–Trinajstić information content (AvgIpc) is 2.86. The lowest BCUT2D eigenvalue weighted by molar-refractivity contribution is -0.148. The first-order valence-corrected chi connectivity index (χ1v) is 7.71. The number of amides is 2. The van der Waals surface area contributed by atoms with Crippen LogP contribution in [0.3, 0.4) is 0 Å².